The molecule has 0 aliphatic rings. The van der Waals surface area contributed by atoms with Gasteiger partial charge >= 0.3 is 0 Å². The first-order valence-corrected chi connectivity index (χ1v) is 6.62. The van der Waals surface area contributed by atoms with Crippen LogP contribution in [0, 0.1) is 18.3 Å². The van der Waals surface area contributed by atoms with E-state index >= 15 is 0 Å². The van der Waals surface area contributed by atoms with Crippen molar-refractivity contribution in [3.8, 4) is 17.2 Å². The lowest BCUT2D eigenvalue weighted by Gasteiger charge is -2.08. The topological polar surface area (TPSA) is 36.7 Å². The van der Waals surface area contributed by atoms with E-state index in [1.165, 1.54) is 5.56 Å². The lowest BCUT2D eigenvalue weighted by molar-refractivity contribution is 1.32. The molecule has 96 valence electrons. The molecule has 0 radical (unpaired) electrons. The smallest absolute Gasteiger partial charge is 0.141 e. The molecule has 0 amide bonds. The Morgan fingerprint density at radius 3 is 2.70 bits per heavy atom. The van der Waals surface area contributed by atoms with Crippen LogP contribution in [0.1, 0.15) is 11.3 Å². The molecule has 0 fully saturated rings. The summed E-state index contributed by atoms with van der Waals surface area (Å²) in [7, 11) is 0. The predicted octanol–water partition coefficient (Wildman–Crippen LogP) is 4.74. The Balaban J connectivity index is 2.37. The standard InChI is InChI=1S/C17H11ClN2/c1-11-3-2-4-12(7-11)16-9-14(10-19)20-17-8-13(18)5-6-15(16)17/h2-9H,1H3. The van der Waals surface area contributed by atoms with Gasteiger partial charge in [-0.15, -0.1) is 0 Å². The van der Waals surface area contributed by atoms with Gasteiger partial charge in [-0.3, -0.25) is 0 Å². The first kappa shape index (κ1) is 12.7. The second-order valence-corrected chi connectivity index (χ2v) is 5.13. The van der Waals surface area contributed by atoms with Crippen molar-refractivity contribution in [2.45, 2.75) is 6.92 Å². The van der Waals surface area contributed by atoms with Crippen molar-refractivity contribution in [1.82, 2.24) is 4.98 Å². The van der Waals surface area contributed by atoms with Gasteiger partial charge in [-0.2, -0.15) is 5.26 Å². The number of halogens is 1. The number of rotatable bonds is 1. The molecule has 3 heteroatoms. The molecule has 20 heavy (non-hydrogen) atoms. The van der Waals surface area contributed by atoms with E-state index in [-0.39, 0.29) is 0 Å². The molecule has 1 heterocycles. The highest BCUT2D eigenvalue weighted by Gasteiger charge is 2.08. The van der Waals surface area contributed by atoms with Gasteiger partial charge in [0.1, 0.15) is 11.8 Å². The zero-order chi connectivity index (χ0) is 14.1. The molecule has 1 aromatic heterocycles. The maximum atomic E-state index is 9.15. The van der Waals surface area contributed by atoms with Crippen molar-refractivity contribution in [2.24, 2.45) is 0 Å². The van der Waals surface area contributed by atoms with Gasteiger partial charge in [0, 0.05) is 10.4 Å². The van der Waals surface area contributed by atoms with Crippen LogP contribution in [0.5, 0.6) is 0 Å². The van der Waals surface area contributed by atoms with Crippen molar-refractivity contribution in [3.63, 3.8) is 0 Å². The van der Waals surface area contributed by atoms with E-state index in [1.807, 2.05) is 30.3 Å². The van der Waals surface area contributed by atoms with Gasteiger partial charge in [0.15, 0.2) is 0 Å². The highest BCUT2D eigenvalue weighted by molar-refractivity contribution is 6.31. The molecule has 0 unspecified atom stereocenters. The predicted molar refractivity (Wildman–Crippen MR) is 81.6 cm³/mol. The third-order valence-electron chi connectivity index (χ3n) is 3.22. The van der Waals surface area contributed by atoms with E-state index in [9.17, 15) is 0 Å². The average molecular weight is 279 g/mol. The summed E-state index contributed by atoms with van der Waals surface area (Å²) in [5.74, 6) is 0. The van der Waals surface area contributed by atoms with Crippen LogP contribution < -0.4 is 0 Å². The molecular weight excluding hydrogens is 268 g/mol. The summed E-state index contributed by atoms with van der Waals surface area (Å²) in [4.78, 5) is 4.32. The molecule has 3 rings (SSSR count). The molecule has 0 saturated carbocycles. The van der Waals surface area contributed by atoms with E-state index in [4.69, 9.17) is 16.9 Å². The summed E-state index contributed by atoms with van der Waals surface area (Å²) >= 11 is 6.01. The number of nitrogens with zero attached hydrogens (tertiary/aromatic N) is 2. The third-order valence-corrected chi connectivity index (χ3v) is 3.45. The van der Waals surface area contributed by atoms with Gasteiger partial charge < -0.3 is 0 Å². The number of pyridine rings is 1. The van der Waals surface area contributed by atoms with Crippen LogP contribution in [0.4, 0.5) is 0 Å². The Kier molecular flexibility index (Phi) is 3.14. The molecule has 0 aliphatic heterocycles. The van der Waals surface area contributed by atoms with Gasteiger partial charge in [-0.05, 0) is 36.2 Å². The van der Waals surface area contributed by atoms with Gasteiger partial charge in [0.25, 0.3) is 0 Å². The number of benzene rings is 2. The van der Waals surface area contributed by atoms with Crippen LogP contribution in [-0.4, -0.2) is 4.98 Å². The normalized spacial score (nSPS) is 10.4. The lowest BCUT2D eigenvalue weighted by atomic mass is 9.99. The Labute approximate surface area is 122 Å². The summed E-state index contributed by atoms with van der Waals surface area (Å²) in [6.45, 7) is 2.05. The quantitative estimate of drug-likeness (QED) is 0.645. The van der Waals surface area contributed by atoms with E-state index in [1.54, 1.807) is 6.07 Å². The number of hydrogen-bond acceptors (Lipinski definition) is 2. The minimum absolute atomic E-state index is 0.399. The molecule has 0 atom stereocenters. The largest absolute Gasteiger partial charge is 0.237 e. The van der Waals surface area contributed by atoms with Crippen LogP contribution in [0.2, 0.25) is 5.02 Å². The molecule has 0 aliphatic carbocycles. The maximum Gasteiger partial charge on any atom is 0.141 e. The minimum Gasteiger partial charge on any atom is -0.237 e. The second kappa shape index (κ2) is 4.96. The van der Waals surface area contributed by atoms with Crippen molar-refractivity contribution in [1.29, 1.82) is 5.26 Å². The van der Waals surface area contributed by atoms with E-state index in [0.717, 1.165) is 22.0 Å². The maximum absolute atomic E-state index is 9.15. The monoisotopic (exact) mass is 278 g/mol. The summed E-state index contributed by atoms with van der Waals surface area (Å²) in [5.41, 5.74) is 4.41. The summed E-state index contributed by atoms with van der Waals surface area (Å²) in [6.07, 6.45) is 0. The first-order chi connectivity index (χ1) is 9.67. The molecule has 3 aromatic rings. The zero-order valence-corrected chi connectivity index (χ0v) is 11.6. The Bertz CT molecular complexity index is 847. The molecule has 0 bridgehead atoms. The fourth-order valence-corrected chi connectivity index (χ4v) is 2.48. The van der Waals surface area contributed by atoms with Crippen LogP contribution >= 0.6 is 11.6 Å². The van der Waals surface area contributed by atoms with E-state index in [0.29, 0.717) is 10.7 Å². The number of fused-ring (bicyclic) bond motifs is 1. The van der Waals surface area contributed by atoms with Gasteiger partial charge in [-0.1, -0.05) is 47.5 Å². The third kappa shape index (κ3) is 2.24. The van der Waals surface area contributed by atoms with Crippen molar-refractivity contribution in [3.05, 3.63) is 64.8 Å². The number of nitriles is 1. The summed E-state index contributed by atoms with van der Waals surface area (Å²) in [5, 5.41) is 10.8. The molecule has 0 spiro atoms. The fourth-order valence-electron chi connectivity index (χ4n) is 2.31. The van der Waals surface area contributed by atoms with Crippen LogP contribution in [0.15, 0.2) is 48.5 Å². The Hall–Kier alpha value is -2.37. The van der Waals surface area contributed by atoms with Gasteiger partial charge in [0.2, 0.25) is 0 Å². The van der Waals surface area contributed by atoms with Crippen LogP contribution in [0.3, 0.4) is 0 Å². The van der Waals surface area contributed by atoms with Crippen molar-refractivity contribution in [2.75, 3.05) is 0 Å². The number of hydrogen-bond donors (Lipinski definition) is 0. The Morgan fingerprint density at radius 1 is 1.10 bits per heavy atom. The number of aromatic nitrogens is 1. The van der Waals surface area contributed by atoms with Gasteiger partial charge in [-0.25, -0.2) is 4.98 Å². The average Bonchev–Trinajstić information content (AvgIpc) is 2.45. The SMILES string of the molecule is Cc1cccc(-c2cc(C#N)nc3cc(Cl)ccc23)c1. The fraction of sp³-hybridized carbons (Fsp3) is 0.0588. The minimum atomic E-state index is 0.399. The molecule has 0 saturated heterocycles. The van der Waals surface area contributed by atoms with Crippen molar-refractivity contribution >= 4 is 22.5 Å². The lowest BCUT2D eigenvalue weighted by Crippen LogP contribution is -1.90. The second-order valence-electron chi connectivity index (χ2n) is 4.70. The highest BCUT2D eigenvalue weighted by atomic mass is 35.5. The highest BCUT2D eigenvalue weighted by Crippen LogP contribution is 2.30. The summed E-state index contributed by atoms with van der Waals surface area (Å²) < 4.78 is 0. The molecule has 0 N–H and O–H groups in total. The first-order valence-electron chi connectivity index (χ1n) is 6.25. The zero-order valence-electron chi connectivity index (χ0n) is 10.9. The van der Waals surface area contributed by atoms with E-state index < -0.39 is 0 Å². The Morgan fingerprint density at radius 2 is 1.95 bits per heavy atom. The van der Waals surface area contributed by atoms with Crippen LogP contribution in [-0.2, 0) is 0 Å². The van der Waals surface area contributed by atoms with Crippen LogP contribution in [0.25, 0.3) is 22.0 Å². The summed E-state index contributed by atoms with van der Waals surface area (Å²) in [6, 6.07) is 17.7. The number of aryl methyl sites for hydroxylation is 1. The van der Waals surface area contributed by atoms with E-state index in [2.05, 4.69) is 30.1 Å². The molecular formula is C17H11ClN2. The van der Waals surface area contributed by atoms with Crippen molar-refractivity contribution < 1.29 is 0 Å². The molecule has 2 nitrogen and oxygen atoms in total. The molecule has 2 aromatic carbocycles. The van der Waals surface area contributed by atoms with Gasteiger partial charge in [0.05, 0.1) is 5.52 Å².